The van der Waals surface area contributed by atoms with Crippen molar-refractivity contribution in [2.75, 3.05) is 37.2 Å². The molecule has 2 aromatic heterocycles. The van der Waals surface area contributed by atoms with E-state index in [1.165, 1.54) is 6.42 Å². The third-order valence-corrected chi connectivity index (χ3v) is 10.7. The summed E-state index contributed by atoms with van der Waals surface area (Å²) >= 11 is 0. The van der Waals surface area contributed by atoms with Crippen LogP contribution in [0.2, 0.25) is 0 Å². The van der Waals surface area contributed by atoms with E-state index in [0.717, 1.165) is 47.3 Å². The van der Waals surface area contributed by atoms with E-state index in [4.69, 9.17) is 19.5 Å². The van der Waals surface area contributed by atoms with Gasteiger partial charge in [0.15, 0.2) is 11.6 Å². The van der Waals surface area contributed by atoms with E-state index >= 15 is 0 Å². The normalized spacial score (nSPS) is 20.7. The molecule has 0 spiro atoms. The van der Waals surface area contributed by atoms with Crippen LogP contribution in [0.25, 0.3) is 11.8 Å². The van der Waals surface area contributed by atoms with Gasteiger partial charge in [0.1, 0.15) is 25.1 Å². The lowest BCUT2D eigenvalue weighted by atomic mass is 9.86. The quantitative estimate of drug-likeness (QED) is 0.125. The van der Waals surface area contributed by atoms with Crippen molar-refractivity contribution in [1.82, 2.24) is 39.8 Å². The van der Waals surface area contributed by atoms with Gasteiger partial charge in [-0.3, -0.25) is 14.2 Å². The van der Waals surface area contributed by atoms with Crippen LogP contribution in [-0.4, -0.2) is 86.3 Å². The van der Waals surface area contributed by atoms with Gasteiger partial charge in [0.2, 0.25) is 5.95 Å². The summed E-state index contributed by atoms with van der Waals surface area (Å²) in [5.41, 5.74) is 2.88. The molecular weight excluding hydrogens is 713 g/mol. The predicted molar refractivity (Wildman–Crippen MR) is 213 cm³/mol. The van der Waals surface area contributed by atoms with Crippen molar-refractivity contribution in [3.8, 4) is 11.4 Å². The molecule has 0 bridgehead atoms. The Morgan fingerprint density at radius 3 is 2.48 bits per heavy atom. The molecule has 2 aromatic carbocycles. The summed E-state index contributed by atoms with van der Waals surface area (Å²) < 4.78 is 9.72. The zero-order valence-electron chi connectivity index (χ0n) is 33.5. The molecule has 4 heterocycles. The maximum Gasteiger partial charge on any atom is 0.357 e. The van der Waals surface area contributed by atoms with E-state index < -0.39 is 6.03 Å². The van der Waals surface area contributed by atoms with E-state index in [0.29, 0.717) is 55.3 Å². The molecule has 298 valence electrons. The van der Waals surface area contributed by atoms with Crippen LogP contribution >= 0.6 is 0 Å². The number of carbonyl (C=O) groups is 2. The van der Waals surface area contributed by atoms with Crippen molar-refractivity contribution in [1.29, 1.82) is 0 Å². The lowest BCUT2D eigenvalue weighted by Crippen LogP contribution is -2.46. The van der Waals surface area contributed by atoms with Crippen molar-refractivity contribution in [3.05, 3.63) is 83.4 Å². The molecule has 2 aliphatic heterocycles. The summed E-state index contributed by atoms with van der Waals surface area (Å²) in [6, 6.07) is 17.0. The number of rotatable bonds is 12. The molecule has 0 saturated carbocycles. The number of ether oxygens (including phenoxy) is 1. The Morgan fingerprint density at radius 1 is 0.982 bits per heavy atom. The van der Waals surface area contributed by atoms with Crippen molar-refractivity contribution < 1.29 is 24.0 Å². The Kier molecular flexibility index (Phi) is 11.4. The molecule has 1 aliphatic carbocycles. The van der Waals surface area contributed by atoms with Gasteiger partial charge in [-0.25, -0.2) is 14.5 Å². The second kappa shape index (κ2) is 16.4. The highest BCUT2D eigenvalue weighted by molar-refractivity contribution is 5.90. The van der Waals surface area contributed by atoms with E-state index in [-0.39, 0.29) is 29.9 Å². The number of hydrogen-bond acceptors (Lipinski definition) is 11. The molecule has 2 amide bonds. The molecule has 7 rings (SSSR count). The van der Waals surface area contributed by atoms with Crippen LogP contribution in [0.15, 0.2) is 60.8 Å². The molecule has 15 heteroatoms. The maximum atomic E-state index is 14.2. The molecule has 56 heavy (non-hydrogen) atoms. The van der Waals surface area contributed by atoms with Gasteiger partial charge in [0.05, 0.1) is 17.4 Å². The van der Waals surface area contributed by atoms with E-state index in [1.807, 2.05) is 106 Å². The Morgan fingerprint density at radius 2 is 1.75 bits per heavy atom. The van der Waals surface area contributed by atoms with Crippen LogP contribution in [0.5, 0.6) is 5.75 Å². The van der Waals surface area contributed by atoms with Gasteiger partial charge in [0.25, 0.3) is 0 Å². The Hall–Kier alpha value is -5.41. The first kappa shape index (κ1) is 38.8. The molecular formula is C41H54N10O5. The van der Waals surface area contributed by atoms with Crippen molar-refractivity contribution in [2.24, 2.45) is 0 Å². The minimum atomic E-state index is -0.607. The maximum absolute atomic E-state index is 14.2. The number of nitrogens with one attached hydrogen (secondary N) is 1. The number of amides is 2. The highest BCUT2D eigenvalue weighted by atomic mass is 16.7. The zero-order valence-corrected chi connectivity index (χ0v) is 33.5. The first-order valence-electron chi connectivity index (χ1n) is 19.5. The summed E-state index contributed by atoms with van der Waals surface area (Å²) in [5, 5.41) is 19.9. The molecule has 4 atom stereocenters. The second-order valence-corrected chi connectivity index (χ2v) is 16.2. The number of nitrogens with zero attached hydrogens (tertiary/aromatic N) is 9. The number of urea groups is 1. The molecule has 1 saturated heterocycles. The van der Waals surface area contributed by atoms with Crippen LogP contribution in [0.3, 0.4) is 0 Å². The highest BCUT2D eigenvalue weighted by Crippen LogP contribution is 2.40. The lowest BCUT2D eigenvalue weighted by Gasteiger charge is -2.40. The third kappa shape index (κ3) is 8.24. The summed E-state index contributed by atoms with van der Waals surface area (Å²) in [4.78, 5) is 42.7. The largest absolute Gasteiger partial charge is 0.492 e. The van der Waals surface area contributed by atoms with Crippen molar-refractivity contribution in [3.63, 3.8) is 0 Å². The zero-order chi connectivity index (χ0) is 39.6. The Bertz CT molecular complexity index is 2030. The average Bonchev–Trinajstić information content (AvgIpc) is 3.80. The SMILES string of the molecule is CC1CCCC(C)N1c1nnc2n1CN(O[C@@H]1CC[C@H](NC(=O)N(OC=O)c3cc(C(C)(C)C)nn3-c3cccc(OCCN(C)C)c3)c3ccccc31)C=C2. The lowest BCUT2D eigenvalue weighted by molar-refractivity contribution is -0.190. The van der Waals surface area contributed by atoms with E-state index in [2.05, 4.69) is 38.8 Å². The first-order valence-corrected chi connectivity index (χ1v) is 19.5. The van der Waals surface area contributed by atoms with Crippen LogP contribution in [-0.2, 0) is 26.6 Å². The van der Waals surface area contributed by atoms with Crippen molar-refractivity contribution >= 4 is 30.3 Å². The number of anilines is 2. The van der Waals surface area contributed by atoms with Gasteiger partial charge in [0, 0.05) is 48.5 Å². The number of likely N-dealkylation sites (N-methyl/N-ethyl adjacent to an activating group) is 1. The highest BCUT2D eigenvalue weighted by Gasteiger charge is 2.35. The predicted octanol–water partition coefficient (Wildman–Crippen LogP) is 6.52. The molecule has 0 radical (unpaired) electrons. The molecule has 1 fully saturated rings. The summed E-state index contributed by atoms with van der Waals surface area (Å²) in [6.07, 6.45) is 8.26. The van der Waals surface area contributed by atoms with E-state index in [1.54, 1.807) is 10.7 Å². The number of benzene rings is 2. The monoisotopic (exact) mass is 766 g/mol. The number of piperidine rings is 1. The van der Waals surface area contributed by atoms with Gasteiger partial charge < -0.3 is 24.7 Å². The summed E-state index contributed by atoms with van der Waals surface area (Å²) in [7, 11) is 3.98. The number of hydrogen-bond donors (Lipinski definition) is 1. The van der Waals surface area contributed by atoms with Gasteiger partial charge in [-0.15, -0.1) is 15.3 Å². The molecule has 2 unspecified atom stereocenters. The van der Waals surface area contributed by atoms with Gasteiger partial charge in [-0.1, -0.05) is 51.1 Å². The smallest absolute Gasteiger partial charge is 0.357 e. The van der Waals surface area contributed by atoms with Crippen LogP contribution < -0.4 is 20.0 Å². The van der Waals surface area contributed by atoms with Gasteiger partial charge in [-0.2, -0.15) is 5.10 Å². The van der Waals surface area contributed by atoms with Crippen molar-refractivity contribution in [2.45, 2.75) is 103 Å². The minimum absolute atomic E-state index is 0.249. The number of fused-ring (bicyclic) bond motifs is 2. The van der Waals surface area contributed by atoms with Gasteiger partial charge in [-0.05, 0) is 83.3 Å². The van der Waals surface area contributed by atoms with E-state index in [9.17, 15) is 9.59 Å². The Balaban J connectivity index is 1.10. The fraction of sp³-hybridized carbons (Fsp3) is 0.488. The topological polar surface area (TPSA) is 135 Å². The van der Waals surface area contributed by atoms with Crippen LogP contribution in [0.4, 0.5) is 16.6 Å². The fourth-order valence-corrected chi connectivity index (χ4v) is 7.73. The standard InChI is InChI=1S/C41H54N10O5/c1-28-12-10-13-29(2)49(28)39-44-43-37-20-21-47(26-48(37)39)56-35-19-18-34(32-16-8-9-17-33(32)35)42-40(53)51(55-27-52)38-25-36(41(3,4)5)45-50(38)30-14-11-15-31(24-30)54-23-22-46(6)7/h8-9,11,14-17,20-21,24-25,27-29,34-35H,10,12-13,18-19,22-23,26H2,1-7H3,(H,42,53)/t28?,29?,34-,35+/m0/s1. The number of carbonyl (C=O) groups excluding carboxylic acids is 2. The summed E-state index contributed by atoms with van der Waals surface area (Å²) in [6.45, 7) is 12.6. The minimum Gasteiger partial charge on any atom is -0.492 e. The van der Waals surface area contributed by atoms with Gasteiger partial charge >= 0.3 is 12.5 Å². The first-order chi connectivity index (χ1) is 26.9. The molecule has 15 nitrogen and oxygen atoms in total. The summed E-state index contributed by atoms with van der Waals surface area (Å²) in [5.74, 6) is 2.59. The molecule has 1 N–H and O–H groups in total. The van der Waals surface area contributed by atoms with Crippen LogP contribution in [0.1, 0.15) is 102 Å². The molecule has 4 aromatic rings. The Labute approximate surface area is 328 Å². The average molecular weight is 767 g/mol. The number of hydroxylamine groups is 3. The fourth-order valence-electron chi connectivity index (χ4n) is 7.73. The second-order valence-electron chi connectivity index (χ2n) is 16.2. The molecule has 3 aliphatic rings. The van der Waals surface area contributed by atoms with Crippen LogP contribution in [0, 0.1) is 0 Å². The number of aromatic nitrogens is 5. The third-order valence-electron chi connectivity index (χ3n) is 10.7.